The molecule has 0 bridgehead atoms. The third-order valence-electron chi connectivity index (χ3n) is 2.39. The van der Waals surface area contributed by atoms with E-state index < -0.39 is 5.97 Å². The first-order valence-corrected chi connectivity index (χ1v) is 6.62. The number of carbonyl (C=O) groups is 1. The van der Waals surface area contributed by atoms with E-state index in [0.717, 1.165) is 24.3 Å². The zero-order chi connectivity index (χ0) is 13.0. The second kappa shape index (κ2) is 5.84. The number of aromatic nitrogens is 1. The molecule has 0 aliphatic rings. The maximum atomic E-state index is 10.8. The van der Waals surface area contributed by atoms with Gasteiger partial charge in [-0.1, -0.05) is 11.6 Å². The minimum atomic E-state index is -1.02. The summed E-state index contributed by atoms with van der Waals surface area (Å²) in [6.07, 6.45) is 0.821. The van der Waals surface area contributed by atoms with E-state index >= 15 is 0 Å². The molecule has 0 fully saturated rings. The second-order valence-electron chi connectivity index (χ2n) is 3.66. The van der Waals surface area contributed by atoms with Gasteiger partial charge in [0, 0.05) is 24.0 Å². The summed E-state index contributed by atoms with van der Waals surface area (Å²) < 4.78 is 0. The Morgan fingerprint density at radius 2 is 2.33 bits per heavy atom. The zero-order valence-electron chi connectivity index (χ0n) is 9.39. The van der Waals surface area contributed by atoms with Crippen LogP contribution in [0.3, 0.4) is 0 Å². The monoisotopic (exact) mass is 282 g/mol. The van der Waals surface area contributed by atoms with Gasteiger partial charge in [0.05, 0.1) is 21.8 Å². The summed E-state index contributed by atoms with van der Waals surface area (Å²) in [6, 6.07) is 4.82. The van der Waals surface area contributed by atoms with Crippen LogP contribution in [0.2, 0.25) is 5.02 Å². The third kappa shape index (κ3) is 3.21. The Hall–Kier alpha value is -1.59. The van der Waals surface area contributed by atoms with Gasteiger partial charge in [0.2, 0.25) is 0 Å². The lowest BCUT2D eigenvalue weighted by Gasteiger charge is -2.07. The Morgan fingerprint density at radius 3 is 2.94 bits per heavy atom. The van der Waals surface area contributed by atoms with Crippen LogP contribution in [0.1, 0.15) is 16.1 Å². The molecule has 0 unspecified atom stereocenters. The number of nitrogens with zero attached hydrogens (tertiary/aromatic N) is 1. The quantitative estimate of drug-likeness (QED) is 0.884. The molecule has 0 radical (unpaired) electrons. The first-order chi connectivity index (χ1) is 8.66. The van der Waals surface area contributed by atoms with Crippen LogP contribution in [0.15, 0.2) is 29.1 Å². The average Bonchev–Trinajstić information content (AvgIpc) is 2.81. The summed E-state index contributed by atoms with van der Waals surface area (Å²) in [4.78, 5) is 15.0. The van der Waals surface area contributed by atoms with Gasteiger partial charge in [0.25, 0.3) is 0 Å². The molecule has 4 nitrogen and oxygen atoms in total. The van der Waals surface area contributed by atoms with E-state index in [1.807, 2.05) is 5.38 Å². The molecule has 0 spiro atoms. The molecule has 94 valence electrons. The average molecular weight is 283 g/mol. The van der Waals surface area contributed by atoms with Crippen LogP contribution in [0, 0.1) is 0 Å². The van der Waals surface area contributed by atoms with Gasteiger partial charge in [-0.05, 0) is 18.2 Å². The number of halogens is 1. The predicted octanol–water partition coefficient (Wildman–Crippen LogP) is 3.15. The number of hydrogen-bond donors (Lipinski definition) is 2. The van der Waals surface area contributed by atoms with Crippen molar-refractivity contribution in [2.45, 2.75) is 6.42 Å². The predicted molar refractivity (Wildman–Crippen MR) is 72.7 cm³/mol. The van der Waals surface area contributed by atoms with Gasteiger partial charge >= 0.3 is 5.97 Å². The number of thiazole rings is 1. The van der Waals surface area contributed by atoms with Crippen molar-refractivity contribution >= 4 is 34.6 Å². The second-order valence-corrected chi connectivity index (χ2v) is 4.78. The van der Waals surface area contributed by atoms with Gasteiger partial charge in [0.1, 0.15) is 0 Å². The van der Waals surface area contributed by atoms with Gasteiger partial charge in [-0.25, -0.2) is 9.78 Å². The Balaban J connectivity index is 1.94. The van der Waals surface area contributed by atoms with Gasteiger partial charge < -0.3 is 10.4 Å². The standard InChI is InChI=1S/C12H11ClN2O2S/c13-11-5-8(1-2-10(11)12(16)17)14-4-3-9-6-18-7-15-9/h1-2,5-7,14H,3-4H2,(H,16,17). The highest BCUT2D eigenvalue weighted by Crippen LogP contribution is 2.20. The first-order valence-electron chi connectivity index (χ1n) is 5.30. The van der Waals surface area contributed by atoms with E-state index in [-0.39, 0.29) is 10.6 Å². The van der Waals surface area contributed by atoms with Crippen molar-refractivity contribution in [2.24, 2.45) is 0 Å². The van der Waals surface area contributed by atoms with Crippen LogP contribution in [0.5, 0.6) is 0 Å². The normalized spacial score (nSPS) is 10.3. The smallest absolute Gasteiger partial charge is 0.337 e. The summed E-state index contributed by atoms with van der Waals surface area (Å²) in [5.41, 5.74) is 3.76. The molecule has 2 rings (SSSR count). The highest BCUT2D eigenvalue weighted by molar-refractivity contribution is 7.07. The summed E-state index contributed by atoms with van der Waals surface area (Å²) in [5.74, 6) is -1.02. The van der Waals surface area contributed by atoms with Crippen molar-refractivity contribution < 1.29 is 9.90 Å². The Bertz CT molecular complexity index is 543. The number of carboxylic acids is 1. The molecular formula is C12H11ClN2O2S. The van der Waals surface area contributed by atoms with E-state index in [9.17, 15) is 4.79 Å². The molecular weight excluding hydrogens is 272 g/mol. The maximum absolute atomic E-state index is 10.8. The largest absolute Gasteiger partial charge is 0.478 e. The SMILES string of the molecule is O=C(O)c1ccc(NCCc2cscn2)cc1Cl. The van der Waals surface area contributed by atoms with Crippen LogP contribution < -0.4 is 5.32 Å². The van der Waals surface area contributed by atoms with Crippen LogP contribution in [0.4, 0.5) is 5.69 Å². The van der Waals surface area contributed by atoms with Crippen molar-refractivity contribution in [1.82, 2.24) is 4.98 Å². The van der Waals surface area contributed by atoms with Crippen LogP contribution in [-0.4, -0.2) is 22.6 Å². The highest BCUT2D eigenvalue weighted by atomic mass is 35.5. The Morgan fingerprint density at radius 1 is 1.50 bits per heavy atom. The molecule has 1 aromatic carbocycles. The molecule has 1 heterocycles. The maximum Gasteiger partial charge on any atom is 0.337 e. The van der Waals surface area contributed by atoms with Gasteiger partial charge in [-0.2, -0.15) is 0 Å². The molecule has 0 aliphatic heterocycles. The molecule has 0 atom stereocenters. The van der Waals surface area contributed by atoms with Crippen molar-refractivity contribution in [3.05, 3.63) is 45.4 Å². The fraction of sp³-hybridized carbons (Fsp3) is 0.167. The number of hydrogen-bond acceptors (Lipinski definition) is 4. The lowest BCUT2D eigenvalue weighted by atomic mass is 10.2. The highest BCUT2D eigenvalue weighted by Gasteiger charge is 2.08. The first kappa shape index (κ1) is 12.9. The lowest BCUT2D eigenvalue weighted by Crippen LogP contribution is -2.06. The molecule has 0 aliphatic carbocycles. The number of aromatic carboxylic acids is 1. The molecule has 6 heteroatoms. The zero-order valence-corrected chi connectivity index (χ0v) is 11.0. The number of benzene rings is 1. The minimum absolute atomic E-state index is 0.113. The van der Waals surface area contributed by atoms with Crippen molar-refractivity contribution in [3.63, 3.8) is 0 Å². The molecule has 0 saturated heterocycles. The number of rotatable bonds is 5. The van der Waals surface area contributed by atoms with Gasteiger partial charge in [-0.15, -0.1) is 11.3 Å². The molecule has 0 saturated carbocycles. The van der Waals surface area contributed by atoms with Gasteiger partial charge in [0.15, 0.2) is 0 Å². The summed E-state index contributed by atoms with van der Waals surface area (Å²) in [6.45, 7) is 0.729. The Kier molecular flexibility index (Phi) is 4.17. The molecule has 2 N–H and O–H groups in total. The third-order valence-corrected chi connectivity index (χ3v) is 3.34. The number of nitrogens with one attached hydrogen (secondary N) is 1. The fourth-order valence-corrected chi connectivity index (χ4v) is 2.35. The molecule has 2 aromatic rings. The van der Waals surface area contributed by atoms with E-state index in [2.05, 4.69) is 10.3 Å². The van der Waals surface area contributed by atoms with Gasteiger partial charge in [-0.3, -0.25) is 0 Å². The molecule has 1 aromatic heterocycles. The van der Waals surface area contributed by atoms with E-state index in [0.29, 0.717) is 0 Å². The van der Waals surface area contributed by atoms with E-state index in [1.165, 1.54) is 6.07 Å². The van der Waals surface area contributed by atoms with Crippen LogP contribution in [0.25, 0.3) is 0 Å². The summed E-state index contributed by atoms with van der Waals surface area (Å²) in [5, 5.41) is 14.3. The topological polar surface area (TPSA) is 62.2 Å². The minimum Gasteiger partial charge on any atom is -0.478 e. The van der Waals surface area contributed by atoms with E-state index in [4.69, 9.17) is 16.7 Å². The molecule has 18 heavy (non-hydrogen) atoms. The van der Waals surface area contributed by atoms with Crippen molar-refractivity contribution in [1.29, 1.82) is 0 Å². The lowest BCUT2D eigenvalue weighted by molar-refractivity contribution is 0.0697. The van der Waals surface area contributed by atoms with Crippen molar-refractivity contribution in [3.8, 4) is 0 Å². The number of anilines is 1. The Labute approximate surface area is 113 Å². The van der Waals surface area contributed by atoms with Crippen molar-refractivity contribution in [2.75, 3.05) is 11.9 Å². The number of carboxylic acid groups (broad SMARTS) is 1. The van der Waals surface area contributed by atoms with Crippen LogP contribution in [-0.2, 0) is 6.42 Å². The fourth-order valence-electron chi connectivity index (χ4n) is 1.49. The molecule has 0 amide bonds. The summed E-state index contributed by atoms with van der Waals surface area (Å²) in [7, 11) is 0. The van der Waals surface area contributed by atoms with Crippen LogP contribution >= 0.6 is 22.9 Å². The van der Waals surface area contributed by atoms with E-state index in [1.54, 1.807) is 29.0 Å². The summed E-state index contributed by atoms with van der Waals surface area (Å²) >= 11 is 7.44.